The van der Waals surface area contributed by atoms with Crippen LogP contribution in [0.2, 0.25) is 0 Å². The Morgan fingerprint density at radius 2 is 1.72 bits per heavy atom. The number of nitrogens with one attached hydrogen (secondary N) is 1. The standard InChI is InChI=1S/C21H27NO7/c1-6-12-21(20(25)29-7-2)16(19(24)28-5)15(18(23)27-4)17(22-21)13-8-10-14(26-3)11-9-13/h6,8-11,15-17,22H,1,7,12H2,2-5H3. The maximum atomic E-state index is 13.0. The number of rotatable bonds is 8. The molecular formula is C21H27NO7. The Morgan fingerprint density at radius 3 is 2.21 bits per heavy atom. The zero-order valence-electron chi connectivity index (χ0n) is 17.1. The molecular weight excluding hydrogens is 378 g/mol. The third kappa shape index (κ3) is 4.12. The van der Waals surface area contributed by atoms with Gasteiger partial charge in [0.25, 0.3) is 0 Å². The van der Waals surface area contributed by atoms with Crippen LogP contribution in [0.1, 0.15) is 24.9 Å². The highest BCUT2D eigenvalue weighted by Crippen LogP contribution is 2.47. The molecule has 0 saturated carbocycles. The number of carbonyl (C=O) groups is 3. The minimum atomic E-state index is -1.52. The first-order valence-electron chi connectivity index (χ1n) is 9.25. The Kier molecular flexibility index (Phi) is 7.39. The molecule has 1 heterocycles. The van der Waals surface area contributed by atoms with Crippen molar-refractivity contribution >= 4 is 17.9 Å². The van der Waals surface area contributed by atoms with Gasteiger partial charge in [-0.15, -0.1) is 6.58 Å². The molecule has 0 radical (unpaired) electrons. The largest absolute Gasteiger partial charge is 0.497 e. The van der Waals surface area contributed by atoms with Crippen molar-refractivity contribution in [3.63, 3.8) is 0 Å². The Labute approximate surface area is 170 Å². The van der Waals surface area contributed by atoms with Crippen LogP contribution in [0.25, 0.3) is 0 Å². The van der Waals surface area contributed by atoms with Crippen LogP contribution in [0.3, 0.4) is 0 Å². The molecule has 0 aliphatic carbocycles. The Hall–Kier alpha value is -2.87. The zero-order valence-corrected chi connectivity index (χ0v) is 17.1. The molecule has 1 saturated heterocycles. The lowest BCUT2D eigenvalue weighted by Crippen LogP contribution is -2.56. The van der Waals surface area contributed by atoms with Gasteiger partial charge in [0, 0.05) is 6.04 Å². The predicted molar refractivity (Wildman–Crippen MR) is 104 cm³/mol. The van der Waals surface area contributed by atoms with Gasteiger partial charge < -0.3 is 18.9 Å². The lowest BCUT2D eigenvalue weighted by Gasteiger charge is -2.31. The van der Waals surface area contributed by atoms with E-state index in [1.807, 2.05) is 0 Å². The normalized spacial score (nSPS) is 25.7. The second kappa shape index (κ2) is 9.56. The molecule has 0 amide bonds. The molecule has 1 fully saturated rings. The number of ether oxygens (including phenoxy) is 4. The number of benzene rings is 1. The third-order valence-electron chi connectivity index (χ3n) is 5.17. The Morgan fingerprint density at radius 1 is 1.10 bits per heavy atom. The van der Waals surface area contributed by atoms with Gasteiger partial charge in [-0.2, -0.15) is 0 Å². The second-order valence-electron chi connectivity index (χ2n) is 6.63. The summed E-state index contributed by atoms with van der Waals surface area (Å²) in [5.41, 5.74) is -0.834. The average Bonchev–Trinajstić information content (AvgIpc) is 3.09. The first kappa shape index (κ1) is 22.4. The van der Waals surface area contributed by atoms with Crippen molar-refractivity contribution in [2.75, 3.05) is 27.9 Å². The van der Waals surface area contributed by atoms with Gasteiger partial charge in [-0.1, -0.05) is 18.2 Å². The zero-order chi connectivity index (χ0) is 21.6. The molecule has 2 rings (SSSR count). The molecule has 1 aliphatic heterocycles. The van der Waals surface area contributed by atoms with Crippen LogP contribution in [-0.4, -0.2) is 51.4 Å². The number of hydrogen-bond donors (Lipinski definition) is 1. The summed E-state index contributed by atoms with van der Waals surface area (Å²) in [6, 6.07) is 6.29. The summed E-state index contributed by atoms with van der Waals surface area (Å²) in [5, 5.41) is 3.19. The van der Waals surface area contributed by atoms with Gasteiger partial charge in [-0.3, -0.25) is 19.7 Å². The molecule has 1 N–H and O–H groups in total. The molecule has 29 heavy (non-hydrogen) atoms. The van der Waals surface area contributed by atoms with Crippen LogP contribution in [0.4, 0.5) is 0 Å². The van der Waals surface area contributed by atoms with Crippen molar-refractivity contribution in [3.8, 4) is 5.75 Å². The molecule has 1 aromatic carbocycles. The Bertz CT molecular complexity index is 761. The van der Waals surface area contributed by atoms with Gasteiger partial charge in [-0.05, 0) is 31.0 Å². The molecule has 8 nitrogen and oxygen atoms in total. The molecule has 0 aromatic heterocycles. The monoisotopic (exact) mass is 405 g/mol. The van der Waals surface area contributed by atoms with Crippen molar-refractivity contribution in [1.82, 2.24) is 5.32 Å². The summed E-state index contributed by atoms with van der Waals surface area (Å²) < 4.78 is 20.4. The van der Waals surface area contributed by atoms with Crippen molar-refractivity contribution in [2.24, 2.45) is 11.8 Å². The summed E-state index contributed by atoms with van der Waals surface area (Å²) in [7, 11) is 3.99. The number of hydrogen-bond acceptors (Lipinski definition) is 8. The fourth-order valence-electron chi connectivity index (χ4n) is 3.88. The topological polar surface area (TPSA) is 100 Å². The summed E-state index contributed by atoms with van der Waals surface area (Å²) in [6.45, 7) is 5.49. The quantitative estimate of drug-likeness (QED) is 0.397. The van der Waals surface area contributed by atoms with Crippen molar-refractivity contribution < 1.29 is 33.3 Å². The van der Waals surface area contributed by atoms with Crippen molar-refractivity contribution in [3.05, 3.63) is 42.5 Å². The third-order valence-corrected chi connectivity index (χ3v) is 5.17. The number of carbonyl (C=O) groups excluding carboxylic acids is 3. The second-order valence-corrected chi connectivity index (χ2v) is 6.63. The summed E-state index contributed by atoms with van der Waals surface area (Å²) in [4.78, 5) is 38.6. The van der Waals surface area contributed by atoms with Gasteiger partial charge in [0.1, 0.15) is 17.2 Å². The number of methoxy groups -OCH3 is 3. The molecule has 4 unspecified atom stereocenters. The SMILES string of the molecule is C=CCC1(C(=O)OCC)NC(c2ccc(OC)cc2)C(C(=O)OC)C1C(=O)OC. The maximum absolute atomic E-state index is 13.0. The van der Waals surface area contributed by atoms with Crippen molar-refractivity contribution in [2.45, 2.75) is 24.9 Å². The van der Waals surface area contributed by atoms with E-state index in [2.05, 4.69) is 11.9 Å². The predicted octanol–water partition coefficient (Wildman–Crippen LogP) is 1.80. The van der Waals surface area contributed by atoms with Crippen LogP contribution in [-0.2, 0) is 28.6 Å². The minimum Gasteiger partial charge on any atom is -0.497 e. The Balaban J connectivity index is 2.66. The molecule has 0 bridgehead atoms. The lowest BCUT2D eigenvalue weighted by molar-refractivity contribution is -0.165. The smallest absolute Gasteiger partial charge is 0.327 e. The lowest BCUT2D eigenvalue weighted by atomic mass is 9.76. The van der Waals surface area contributed by atoms with Crippen LogP contribution < -0.4 is 10.1 Å². The van der Waals surface area contributed by atoms with Crippen LogP contribution in [0, 0.1) is 11.8 Å². The van der Waals surface area contributed by atoms with Crippen LogP contribution in [0.15, 0.2) is 36.9 Å². The molecule has 0 spiro atoms. The minimum absolute atomic E-state index is 0.0613. The summed E-state index contributed by atoms with van der Waals surface area (Å²) in [5.74, 6) is -3.54. The van der Waals surface area contributed by atoms with E-state index >= 15 is 0 Å². The fraction of sp³-hybridized carbons (Fsp3) is 0.476. The van der Waals surface area contributed by atoms with E-state index in [9.17, 15) is 14.4 Å². The fourth-order valence-corrected chi connectivity index (χ4v) is 3.88. The highest BCUT2D eigenvalue weighted by atomic mass is 16.5. The van der Waals surface area contributed by atoms with E-state index in [1.54, 1.807) is 38.3 Å². The van der Waals surface area contributed by atoms with E-state index in [4.69, 9.17) is 18.9 Å². The maximum Gasteiger partial charge on any atom is 0.327 e. The molecule has 158 valence electrons. The number of esters is 3. The van der Waals surface area contributed by atoms with E-state index in [0.29, 0.717) is 11.3 Å². The molecule has 1 aromatic rings. The van der Waals surface area contributed by atoms with E-state index < -0.39 is 41.3 Å². The van der Waals surface area contributed by atoms with Gasteiger partial charge in [0.15, 0.2) is 0 Å². The molecule has 4 atom stereocenters. The average molecular weight is 405 g/mol. The van der Waals surface area contributed by atoms with E-state index in [1.165, 1.54) is 20.3 Å². The van der Waals surface area contributed by atoms with E-state index in [-0.39, 0.29) is 13.0 Å². The molecule has 8 heteroatoms. The highest BCUT2D eigenvalue weighted by Gasteiger charge is 2.64. The van der Waals surface area contributed by atoms with Crippen LogP contribution in [0.5, 0.6) is 5.75 Å². The van der Waals surface area contributed by atoms with Gasteiger partial charge in [-0.25, -0.2) is 0 Å². The molecule has 1 aliphatic rings. The van der Waals surface area contributed by atoms with Gasteiger partial charge in [0.05, 0.1) is 33.9 Å². The van der Waals surface area contributed by atoms with Gasteiger partial charge in [0.2, 0.25) is 0 Å². The first-order valence-corrected chi connectivity index (χ1v) is 9.25. The van der Waals surface area contributed by atoms with Gasteiger partial charge >= 0.3 is 17.9 Å². The highest BCUT2D eigenvalue weighted by molar-refractivity contribution is 5.94. The van der Waals surface area contributed by atoms with E-state index in [0.717, 1.165) is 0 Å². The first-order chi connectivity index (χ1) is 13.9. The summed E-state index contributed by atoms with van der Waals surface area (Å²) >= 11 is 0. The van der Waals surface area contributed by atoms with Crippen molar-refractivity contribution in [1.29, 1.82) is 0 Å². The van der Waals surface area contributed by atoms with Crippen LogP contribution >= 0.6 is 0 Å². The summed E-state index contributed by atoms with van der Waals surface area (Å²) in [6.07, 6.45) is 1.57.